The summed E-state index contributed by atoms with van der Waals surface area (Å²) in [5, 5.41) is 10.0. The molecule has 30 heavy (non-hydrogen) atoms. The van der Waals surface area contributed by atoms with Crippen molar-refractivity contribution in [1.29, 1.82) is 5.26 Å². The van der Waals surface area contributed by atoms with Gasteiger partial charge in [0.2, 0.25) is 5.91 Å². The number of carbonyl (C=O) groups is 1. The minimum Gasteiger partial charge on any atom is -0.497 e. The van der Waals surface area contributed by atoms with Gasteiger partial charge in [0.1, 0.15) is 5.75 Å². The maximum absolute atomic E-state index is 13.0. The highest BCUT2D eigenvalue weighted by Crippen LogP contribution is 2.29. The van der Waals surface area contributed by atoms with Gasteiger partial charge in [0, 0.05) is 47.9 Å². The number of hydrogen-bond acceptors (Lipinski definition) is 3. The van der Waals surface area contributed by atoms with Gasteiger partial charge >= 0.3 is 0 Å². The smallest absolute Gasteiger partial charge is 0.247 e. The van der Waals surface area contributed by atoms with Crippen LogP contribution in [-0.4, -0.2) is 28.5 Å². The van der Waals surface area contributed by atoms with E-state index >= 15 is 0 Å². The number of amides is 1. The van der Waals surface area contributed by atoms with Gasteiger partial charge in [-0.15, -0.1) is 0 Å². The molecule has 1 aliphatic carbocycles. The Labute approximate surface area is 176 Å². The van der Waals surface area contributed by atoms with Gasteiger partial charge in [-0.2, -0.15) is 5.26 Å². The number of nitrogens with zero attached hydrogens (tertiary/aromatic N) is 3. The molecule has 0 unspecified atom stereocenters. The van der Waals surface area contributed by atoms with Crippen LogP contribution < -0.4 is 4.74 Å². The number of ether oxygens (including phenoxy) is 1. The lowest BCUT2D eigenvalue weighted by Crippen LogP contribution is -2.31. The summed E-state index contributed by atoms with van der Waals surface area (Å²) in [6, 6.07) is 18.5. The molecule has 1 aromatic heterocycles. The Morgan fingerprint density at radius 2 is 2.00 bits per heavy atom. The van der Waals surface area contributed by atoms with Crippen molar-refractivity contribution >= 4 is 22.9 Å². The van der Waals surface area contributed by atoms with Gasteiger partial charge in [0.25, 0.3) is 0 Å². The summed E-state index contributed by atoms with van der Waals surface area (Å²) in [4.78, 5) is 15.0. The Bertz CT molecular complexity index is 1100. The first kappa shape index (κ1) is 19.8. The lowest BCUT2D eigenvalue weighted by atomic mass is 10.1. The van der Waals surface area contributed by atoms with Crippen molar-refractivity contribution in [3.05, 3.63) is 71.9 Å². The van der Waals surface area contributed by atoms with E-state index in [1.54, 1.807) is 13.2 Å². The molecule has 0 aliphatic heterocycles. The quantitative estimate of drug-likeness (QED) is 0.513. The molecule has 0 saturated heterocycles. The van der Waals surface area contributed by atoms with Gasteiger partial charge in [-0.1, -0.05) is 30.3 Å². The molecule has 3 aromatic rings. The second-order valence-corrected chi connectivity index (χ2v) is 7.58. The predicted octanol–water partition coefficient (Wildman–Crippen LogP) is 4.77. The van der Waals surface area contributed by atoms with E-state index in [0.717, 1.165) is 40.6 Å². The zero-order valence-corrected chi connectivity index (χ0v) is 17.1. The van der Waals surface area contributed by atoms with E-state index in [-0.39, 0.29) is 5.91 Å². The number of benzene rings is 2. The maximum atomic E-state index is 13.0. The van der Waals surface area contributed by atoms with Crippen molar-refractivity contribution in [3.63, 3.8) is 0 Å². The summed E-state index contributed by atoms with van der Waals surface area (Å²) < 4.78 is 7.30. The van der Waals surface area contributed by atoms with Gasteiger partial charge in [-0.3, -0.25) is 4.79 Å². The Morgan fingerprint density at radius 3 is 2.70 bits per heavy atom. The number of carbonyl (C=O) groups excluding carboxylic acids is 1. The third kappa shape index (κ3) is 4.38. The Kier molecular flexibility index (Phi) is 5.85. The fourth-order valence-corrected chi connectivity index (χ4v) is 3.72. The number of rotatable bonds is 8. The summed E-state index contributed by atoms with van der Waals surface area (Å²) in [5.41, 5.74) is 3.17. The Balaban J connectivity index is 1.53. The highest BCUT2D eigenvalue weighted by Gasteiger charge is 2.31. The molecule has 1 amide bonds. The molecule has 5 nitrogen and oxygen atoms in total. The van der Waals surface area contributed by atoms with Crippen molar-refractivity contribution in [2.24, 2.45) is 0 Å². The van der Waals surface area contributed by atoms with Crippen molar-refractivity contribution in [3.8, 4) is 11.8 Å². The van der Waals surface area contributed by atoms with Crippen LogP contribution in [0.4, 0.5) is 0 Å². The van der Waals surface area contributed by atoms with Gasteiger partial charge in [-0.05, 0) is 42.7 Å². The molecule has 5 heteroatoms. The molecule has 1 aliphatic rings. The molecule has 0 radical (unpaired) electrons. The number of aryl methyl sites for hydroxylation is 1. The standard InChI is InChI=1S/C25H25N3O2/c1-30-22-12-7-19(8-13-22)17-28(21-10-11-21)25(29)14-9-20-18-27(16-4-15-26)24-6-3-2-5-23(20)24/h2-3,5-9,12-14,18,21H,4,10-11,16-17H2,1H3/b14-9+. The minimum atomic E-state index is 0.0298. The molecule has 152 valence electrons. The lowest BCUT2D eigenvalue weighted by Gasteiger charge is -2.21. The average molecular weight is 399 g/mol. The van der Waals surface area contributed by atoms with Crippen LogP contribution in [-0.2, 0) is 17.9 Å². The zero-order chi connectivity index (χ0) is 20.9. The van der Waals surface area contributed by atoms with Crippen LogP contribution in [0.15, 0.2) is 60.8 Å². The molecule has 0 bridgehead atoms. The molecule has 1 fully saturated rings. The highest BCUT2D eigenvalue weighted by atomic mass is 16.5. The summed E-state index contributed by atoms with van der Waals surface area (Å²) in [7, 11) is 1.65. The van der Waals surface area contributed by atoms with E-state index in [4.69, 9.17) is 10.00 Å². The van der Waals surface area contributed by atoms with Crippen LogP contribution in [0.25, 0.3) is 17.0 Å². The first-order valence-electron chi connectivity index (χ1n) is 10.3. The first-order chi connectivity index (χ1) is 14.7. The topological polar surface area (TPSA) is 58.3 Å². The minimum absolute atomic E-state index is 0.0298. The Morgan fingerprint density at radius 1 is 1.23 bits per heavy atom. The number of nitriles is 1. The van der Waals surface area contributed by atoms with E-state index < -0.39 is 0 Å². The normalized spacial score (nSPS) is 13.5. The van der Waals surface area contributed by atoms with Gasteiger partial charge < -0.3 is 14.2 Å². The fourth-order valence-electron chi connectivity index (χ4n) is 3.72. The lowest BCUT2D eigenvalue weighted by molar-refractivity contribution is -0.127. The third-order valence-corrected chi connectivity index (χ3v) is 5.47. The summed E-state index contributed by atoms with van der Waals surface area (Å²) in [5.74, 6) is 0.845. The molecule has 0 N–H and O–H groups in total. The molecule has 0 spiro atoms. The Hall–Kier alpha value is -3.52. The predicted molar refractivity (Wildman–Crippen MR) is 118 cm³/mol. The molecule has 2 aromatic carbocycles. The number of hydrogen-bond donors (Lipinski definition) is 0. The van der Waals surface area contributed by atoms with Crippen molar-refractivity contribution in [2.45, 2.75) is 38.4 Å². The maximum Gasteiger partial charge on any atom is 0.247 e. The molecule has 1 saturated carbocycles. The largest absolute Gasteiger partial charge is 0.497 e. The van der Waals surface area contributed by atoms with Crippen LogP contribution in [0, 0.1) is 11.3 Å². The fraction of sp³-hybridized carbons (Fsp3) is 0.280. The number of aromatic nitrogens is 1. The van der Waals surface area contributed by atoms with Gasteiger partial charge in [-0.25, -0.2) is 0 Å². The molecule has 0 atom stereocenters. The van der Waals surface area contributed by atoms with E-state index in [2.05, 4.69) is 16.7 Å². The van der Waals surface area contributed by atoms with Crippen molar-refractivity contribution in [1.82, 2.24) is 9.47 Å². The zero-order valence-electron chi connectivity index (χ0n) is 17.1. The van der Waals surface area contributed by atoms with Gasteiger partial charge in [0.15, 0.2) is 0 Å². The van der Waals surface area contributed by atoms with Crippen LogP contribution >= 0.6 is 0 Å². The van der Waals surface area contributed by atoms with E-state index in [1.807, 2.05) is 59.6 Å². The SMILES string of the molecule is COc1ccc(CN(C(=O)/C=C/c2cn(CCC#N)c3ccccc23)C2CC2)cc1. The molecular weight excluding hydrogens is 374 g/mol. The van der Waals surface area contributed by atoms with E-state index in [0.29, 0.717) is 25.6 Å². The highest BCUT2D eigenvalue weighted by molar-refractivity contribution is 5.96. The molecule has 4 rings (SSSR count). The van der Waals surface area contributed by atoms with E-state index in [1.165, 1.54) is 0 Å². The number of fused-ring (bicyclic) bond motifs is 1. The molecule has 1 heterocycles. The van der Waals surface area contributed by atoms with Crippen LogP contribution in [0.3, 0.4) is 0 Å². The summed E-state index contributed by atoms with van der Waals surface area (Å²) >= 11 is 0. The van der Waals surface area contributed by atoms with Crippen LogP contribution in [0.5, 0.6) is 5.75 Å². The summed E-state index contributed by atoms with van der Waals surface area (Å²) in [6.07, 6.45) is 8.18. The van der Waals surface area contributed by atoms with Crippen molar-refractivity contribution in [2.75, 3.05) is 7.11 Å². The van der Waals surface area contributed by atoms with Crippen LogP contribution in [0.1, 0.15) is 30.4 Å². The van der Waals surface area contributed by atoms with Gasteiger partial charge in [0.05, 0.1) is 19.6 Å². The third-order valence-electron chi connectivity index (χ3n) is 5.47. The van der Waals surface area contributed by atoms with Crippen LogP contribution in [0.2, 0.25) is 0 Å². The summed E-state index contributed by atoms with van der Waals surface area (Å²) in [6.45, 7) is 1.24. The van der Waals surface area contributed by atoms with E-state index in [9.17, 15) is 4.79 Å². The second kappa shape index (κ2) is 8.87. The molecular formula is C25H25N3O2. The second-order valence-electron chi connectivity index (χ2n) is 7.58. The van der Waals surface area contributed by atoms with Crippen molar-refractivity contribution < 1.29 is 9.53 Å². The number of methoxy groups -OCH3 is 1. The average Bonchev–Trinajstić information content (AvgIpc) is 3.57. The first-order valence-corrected chi connectivity index (χ1v) is 10.3. The number of para-hydroxylation sites is 1. The monoisotopic (exact) mass is 399 g/mol.